The lowest BCUT2D eigenvalue weighted by Crippen LogP contribution is -2.46. The number of amides is 1. The molecule has 0 aliphatic rings. The van der Waals surface area contributed by atoms with Gasteiger partial charge in [0.2, 0.25) is 5.91 Å². The number of benzene rings is 3. The first-order valence-electron chi connectivity index (χ1n) is 9.40. The molecule has 3 aromatic rings. The number of carbonyl (C=O) groups is 2. The summed E-state index contributed by atoms with van der Waals surface area (Å²) < 4.78 is 31.8. The molecule has 0 saturated carbocycles. The van der Waals surface area contributed by atoms with Gasteiger partial charge in [-0.25, -0.2) is 13.6 Å². The Morgan fingerprint density at radius 3 is 1.83 bits per heavy atom. The van der Waals surface area contributed by atoms with Gasteiger partial charge in [0, 0.05) is 12.0 Å². The Bertz CT molecular complexity index is 950. The second-order valence-electron chi connectivity index (χ2n) is 6.82. The summed E-state index contributed by atoms with van der Waals surface area (Å²) in [5.74, 6) is -3.21. The van der Waals surface area contributed by atoms with E-state index in [1.807, 2.05) is 60.7 Å². The molecule has 6 heteroatoms. The van der Waals surface area contributed by atoms with Crippen molar-refractivity contribution >= 4 is 11.9 Å². The van der Waals surface area contributed by atoms with Crippen molar-refractivity contribution in [3.05, 3.63) is 107 Å². The zero-order valence-corrected chi connectivity index (χ0v) is 16.3. The Kier molecular flexibility index (Phi) is 6.91. The van der Waals surface area contributed by atoms with Gasteiger partial charge in [-0.3, -0.25) is 4.79 Å². The predicted molar refractivity (Wildman–Crippen MR) is 109 cm³/mol. The monoisotopic (exact) mass is 409 g/mol. The van der Waals surface area contributed by atoms with E-state index in [0.717, 1.165) is 29.3 Å². The van der Waals surface area contributed by atoms with Crippen LogP contribution in [0.3, 0.4) is 0 Å². The summed E-state index contributed by atoms with van der Waals surface area (Å²) in [6.07, 6.45) is -0.279. The Balaban J connectivity index is 1.92. The van der Waals surface area contributed by atoms with Crippen LogP contribution in [0.25, 0.3) is 0 Å². The van der Waals surface area contributed by atoms with Crippen molar-refractivity contribution in [2.45, 2.75) is 18.4 Å². The molecule has 1 amide bonds. The van der Waals surface area contributed by atoms with Crippen LogP contribution >= 0.6 is 0 Å². The molecule has 0 aliphatic heterocycles. The highest BCUT2D eigenvalue weighted by Crippen LogP contribution is 2.29. The highest BCUT2D eigenvalue weighted by atomic mass is 19.1. The Hall–Kier alpha value is -3.54. The van der Waals surface area contributed by atoms with Crippen molar-refractivity contribution in [2.75, 3.05) is 7.11 Å². The third-order valence-corrected chi connectivity index (χ3v) is 4.71. The first kappa shape index (κ1) is 21.2. The van der Waals surface area contributed by atoms with Crippen LogP contribution < -0.4 is 5.32 Å². The molecular formula is C24H21F2NO3. The van der Waals surface area contributed by atoms with Gasteiger partial charge >= 0.3 is 5.97 Å². The number of hydrogen-bond donors (Lipinski definition) is 1. The number of ether oxygens (including phenoxy) is 1. The van der Waals surface area contributed by atoms with E-state index in [1.165, 1.54) is 7.11 Å². The summed E-state index contributed by atoms with van der Waals surface area (Å²) in [6, 6.07) is 20.4. The summed E-state index contributed by atoms with van der Waals surface area (Å²) in [6.45, 7) is 0. The van der Waals surface area contributed by atoms with Crippen LogP contribution in [0.5, 0.6) is 0 Å². The van der Waals surface area contributed by atoms with Crippen molar-refractivity contribution in [3.8, 4) is 0 Å². The van der Waals surface area contributed by atoms with Crippen molar-refractivity contribution < 1.29 is 23.1 Å². The Morgan fingerprint density at radius 2 is 1.37 bits per heavy atom. The van der Waals surface area contributed by atoms with E-state index in [0.29, 0.717) is 0 Å². The molecule has 30 heavy (non-hydrogen) atoms. The van der Waals surface area contributed by atoms with E-state index >= 15 is 0 Å². The van der Waals surface area contributed by atoms with Crippen LogP contribution in [-0.2, 0) is 20.7 Å². The van der Waals surface area contributed by atoms with Crippen LogP contribution in [-0.4, -0.2) is 25.0 Å². The van der Waals surface area contributed by atoms with Crippen molar-refractivity contribution in [2.24, 2.45) is 0 Å². The molecule has 0 radical (unpaired) electrons. The minimum absolute atomic E-state index is 0.171. The largest absolute Gasteiger partial charge is 0.467 e. The summed E-state index contributed by atoms with van der Waals surface area (Å²) >= 11 is 0. The van der Waals surface area contributed by atoms with Gasteiger partial charge in [-0.1, -0.05) is 60.7 Å². The fourth-order valence-corrected chi connectivity index (χ4v) is 3.43. The van der Waals surface area contributed by atoms with Crippen LogP contribution in [0, 0.1) is 11.6 Å². The van der Waals surface area contributed by atoms with E-state index in [1.54, 1.807) is 0 Å². The lowest BCUT2D eigenvalue weighted by Gasteiger charge is -2.27. The summed E-state index contributed by atoms with van der Waals surface area (Å²) in [5, 5.41) is 2.69. The second-order valence-corrected chi connectivity index (χ2v) is 6.82. The minimum Gasteiger partial charge on any atom is -0.467 e. The van der Waals surface area contributed by atoms with E-state index in [4.69, 9.17) is 4.74 Å². The third-order valence-electron chi connectivity index (χ3n) is 4.71. The number of halogens is 2. The van der Waals surface area contributed by atoms with E-state index in [2.05, 4.69) is 5.32 Å². The molecule has 0 aromatic heterocycles. The zero-order valence-electron chi connectivity index (χ0n) is 16.3. The summed E-state index contributed by atoms with van der Waals surface area (Å²) in [5.41, 5.74) is 1.80. The van der Waals surface area contributed by atoms with Gasteiger partial charge in [-0.2, -0.15) is 0 Å². The van der Waals surface area contributed by atoms with Crippen molar-refractivity contribution in [3.63, 3.8) is 0 Å². The Morgan fingerprint density at radius 1 is 0.867 bits per heavy atom. The van der Waals surface area contributed by atoms with Crippen LogP contribution in [0.2, 0.25) is 0 Å². The molecule has 1 atom stereocenters. The maximum absolute atomic E-state index is 13.4. The average Bonchev–Trinajstić information content (AvgIpc) is 2.73. The van der Waals surface area contributed by atoms with Gasteiger partial charge in [-0.05, 0) is 28.8 Å². The molecule has 1 N–H and O–H groups in total. The molecule has 0 aliphatic carbocycles. The Labute approximate surface area is 173 Å². The maximum atomic E-state index is 13.4. The highest BCUT2D eigenvalue weighted by molar-refractivity contribution is 5.87. The zero-order chi connectivity index (χ0) is 21.5. The molecule has 4 nitrogen and oxygen atoms in total. The molecule has 0 bridgehead atoms. The van der Waals surface area contributed by atoms with Gasteiger partial charge in [0.05, 0.1) is 13.5 Å². The third kappa shape index (κ3) is 5.29. The molecule has 0 unspecified atom stereocenters. The molecule has 3 aromatic carbocycles. The van der Waals surface area contributed by atoms with Gasteiger partial charge in [0.25, 0.3) is 0 Å². The molecule has 0 heterocycles. The molecule has 154 valence electrons. The topological polar surface area (TPSA) is 55.4 Å². The van der Waals surface area contributed by atoms with Crippen LogP contribution in [0.1, 0.15) is 22.6 Å². The van der Waals surface area contributed by atoms with Gasteiger partial charge < -0.3 is 10.1 Å². The van der Waals surface area contributed by atoms with Crippen LogP contribution in [0.15, 0.2) is 78.9 Å². The number of rotatable bonds is 7. The normalized spacial score (nSPS) is 11.7. The molecule has 0 spiro atoms. The van der Waals surface area contributed by atoms with E-state index in [9.17, 15) is 18.4 Å². The number of esters is 1. The highest BCUT2D eigenvalue weighted by Gasteiger charge is 2.33. The lowest BCUT2D eigenvalue weighted by atomic mass is 9.85. The van der Waals surface area contributed by atoms with E-state index < -0.39 is 35.5 Å². The van der Waals surface area contributed by atoms with Gasteiger partial charge in [-0.15, -0.1) is 0 Å². The van der Waals surface area contributed by atoms with Gasteiger partial charge in [0.1, 0.15) is 17.7 Å². The number of methoxy groups -OCH3 is 1. The fourth-order valence-electron chi connectivity index (χ4n) is 3.43. The maximum Gasteiger partial charge on any atom is 0.329 e. The summed E-state index contributed by atoms with van der Waals surface area (Å²) in [7, 11) is 1.25. The standard InChI is InChI=1S/C24H21F2NO3/c1-30-24(29)23(27-21(28)14-16-12-19(25)15-20(26)13-16)22(17-8-4-2-5-9-17)18-10-6-3-7-11-18/h2-13,15,22-23H,14H2,1H3,(H,27,28)/t23-/m1/s1. The predicted octanol–water partition coefficient (Wildman–Crippen LogP) is 4.00. The molecular weight excluding hydrogens is 388 g/mol. The van der Waals surface area contributed by atoms with Crippen LogP contribution in [0.4, 0.5) is 8.78 Å². The van der Waals surface area contributed by atoms with Crippen molar-refractivity contribution in [1.29, 1.82) is 0 Å². The van der Waals surface area contributed by atoms with Gasteiger partial charge in [0.15, 0.2) is 0 Å². The molecule has 3 rings (SSSR count). The minimum atomic E-state index is -1.02. The number of carbonyl (C=O) groups excluding carboxylic acids is 2. The lowest BCUT2D eigenvalue weighted by molar-refractivity contribution is -0.145. The fraction of sp³-hybridized carbons (Fsp3) is 0.167. The number of nitrogens with one attached hydrogen (secondary N) is 1. The number of hydrogen-bond acceptors (Lipinski definition) is 3. The SMILES string of the molecule is COC(=O)[C@H](NC(=O)Cc1cc(F)cc(F)c1)C(c1ccccc1)c1ccccc1. The molecule has 0 fully saturated rings. The van der Waals surface area contributed by atoms with Crippen molar-refractivity contribution in [1.82, 2.24) is 5.32 Å². The van der Waals surface area contributed by atoms with E-state index in [-0.39, 0.29) is 12.0 Å². The first-order valence-corrected chi connectivity index (χ1v) is 9.40. The summed E-state index contributed by atoms with van der Waals surface area (Å²) in [4.78, 5) is 25.3. The quantitative estimate of drug-likeness (QED) is 0.600. The second kappa shape index (κ2) is 9.78. The smallest absolute Gasteiger partial charge is 0.329 e. The molecule has 0 saturated heterocycles. The average molecular weight is 409 g/mol. The first-order chi connectivity index (χ1) is 14.5.